The molecule has 0 radical (unpaired) electrons. The molecule has 4 atom stereocenters. The van der Waals surface area contributed by atoms with E-state index in [1.54, 1.807) is 18.2 Å². The molecule has 4 rings (SSSR count). The molecule has 15 nitrogen and oxygen atoms in total. The van der Waals surface area contributed by atoms with Gasteiger partial charge in [0, 0.05) is 30.7 Å². The Morgan fingerprint density at radius 2 is 1.36 bits per heavy atom. The van der Waals surface area contributed by atoms with E-state index in [0.717, 1.165) is 28.1 Å². The first kappa shape index (κ1) is 42.4. The zero-order valence-electron chi connectivity index (χ0n) is 31.5. The monoisotopic (exact) mass is 765 g/mol. The van der Waals surface area contributed by atoms with E-state index in [1.165, 1.54) is 0 Å². The van der Waals surface area contributed by atoms with Gasteiger partial charge < -0.3 is 38.9 Å². The van der Waals surface area contributed by atoms with Crippen molar-refractivity contribution in [3.8, 4) is 0 Å². The fourth-order valence-electron chi connectivity index (χ4n) is 6.35. The van der Waals surface area contributed by atoms with Crippen molar-refractivity contribution in [3.05, 3.63) is 90.1 Å². The average Bonchev–Trinajstić information content (AvgIpc) is 3.18. The van der Waals surface area contributed by atoms with Crippen molar-refractivity contribution < 1.29 is 28.8 Å². The molecule has 0 aliphatic carbocycles. The van der Waals surface area contributed by atoms with E-state index >= 15 is 0 Å². The van der Waals surface area contributed by atoms with Crippen molar-refractivity contribution in [2.24, 2.45) is 33.8 Å². The van der Waals surface area contributed by atoms with Crippen LogP contribution in [-0.4, -0.2) is 70.9 Å². The number of hydrogen-bond donors (Lipinski definition) is 7. The fraction of sp³-hybridized carbons (Fsp3) is 0.366. The molecule has 0 bridgehead atoms. The highest BCUT2D eigenvalue weighted by Crippen LogP contribution is 2.22. The Morgan fingerprint density at radius 3 is 2.05 bits per heavy atom. The Labute approximate surface area is 325 Å². The van der Waals surface area contributed by atoms with Gasteiger partial charge in [0.2, 0.25) is 23.6 Å². The first-order valence-corrected chi connectivity index (χ1v) is 18.7. The summed E-state index contributed by atoms with van der Waals surface area (Å²) in [5, 5.41) is 10.9. The number of ketones is 1. The average molecular weight is 766 g/mol. The second-order valence-corrected chi connectivity index (χ2v) is 13.8. The van der Waals surface area contributed by atoms with Gasteiger partial charge in [-0.25, -0.2) is 4.98 Å². The van der Waals surface area contributed by atoms with Gasteiger partial charge in [0.05, 0.1) is 11.6 Å². The zero-order valence-corrected chi connectivity index (χ0v) is 31.5. The van der Waals surface area contributed by atoms with Crippen LogP contribution in [0, 0.1) is 5.92 Å². The van der Waals surface area contributed by atoms with Crippen LogP contribution >= 0.6 is 0 Å². The number of aliphatic imine (C=N–C) groups is 1. The lowest BCUT2D eigenvalue weighted by atomic mass is 9.89. The standard InChI is InChI=1S/C41H51N9O6/c1-2-3-12-31(48-39(55)33-18-17-27-10-6-7-13-30(27)47-33)35(51)24-29(23-25-15-16-26-9-4-5-11-28(26)22-25)38(54)50-34(19-20-36(42)52)40(56)49-32(37(43)53)14-8-21-46-41(44)45/h4-7,9-11,13,15-18,22,29,31-32,34H,2-3,8,12,14,19-21,23-24H2,1H3,(H2,42,52)(H2,43,53)(H,48,55)(H,49,56)(H,50,54)(H4,44,45,46)/t29?,31-,32-,34-/m0/s1. The predicted octanol–water partition coefficient (Wildman–Crippen LogP) is 2.27. The maximum absolute atomic E-state index is 14.2. The summed E-state index contributed by atoms with van der Waals surface area (Å²) in [7, 11) is 0. The summed E-state index contributed by atoms with van der Waals surface area (Å²) in [5.74, 6) is -4.96. The van der Waals surface area contributed by atoms with Gasteiger partial charge in [-0.3, -0.25) is 33.8 Å². The zero-order chi connectivity index (χ0) is 40.6. The van der Waals surface area contributed by atoms with Crippen molar-refractivity contribution >= 4 is 63.0 Å². The molecule has 1 aromatic heterocycles. The lowest BCUT2D eigenvalue weighted by Crippen LogP contribution is -2.54. The minimum Gasteiger partial charge on any atom is -0.370 e. The highest BCUT2D eigenvalue weighted by Gasteiger charge is 2.32. The molecule has 56 heavy (non-hydrogen) atoms. The maximum atomic E-state index is 14.2. The van der Waals surface area contributed by atoms with Crippen molar-refractivity contribution in [2.75, 3.05) is 6.54 Å². The van der Waals surface area contributed by atoms with Gasteiger partial charge in [0.1, 0.15) is 17.8 Å². The number of hydrogen-bond acceptors (Lipinski definition) is 8. The quantitative estimate of drug-likeness (QED) is 0.0351. The summed E-state index contributed by atoms with van der Waals surface area (Å²) < 4.78 is 0. The summed E-state index contributed by atoms with van der Waals surface area (Å²) in [6.07, 6.45) is 1.53. The molecule has 3 aromatic carbocycles. The fourth-order valence-corrected chi connectivity index (χ4v) is 6.35. The Balaban J connectivity index is 1.59. The van der Waals surface area contributed by atoms with E-state index in [4.69, 9.17) is 22.9 Å². The molecule has 0 saturated carbocycles. The lowest BCUT2D eigenvalue weighted by molar-refractivity contribution is -0.134. The molecular weight excluding hydrogens is 715 g/mol. The third-order valence-electron chi connectivity index (χ3n) is 9.40. The third kappa shape index (κ3) is 12.9. The Bertz CT molecular complexity index is 2070. The van der Waals surface area contributed by atoms with Crippen LogP contribution in [0.2, 0.25) is 0 Å². The number of nitrogens with two attached hydrogens (primary N) is 4. The summed E-state index contributed by atoms with van der Waals surface area (Å²) in [6.45, 7) is 2.15. The van der Waals surface area contributed by atoms with E-state index < -0.39 is 53.6 Å². The van der Waals surface area contributed by atoms with Gasteiger partial charge in [-0.15, -0.1) is 0 Å². The normalized spacial score (nSPS) is 13.2. The smallest absolute Gasteiger partial charge is 0.270 e. The molecule has 0 fully saturated rings. The van der Waals surface area contributed by atoms with Crippen LogP contribution in [0.3, 0.4) is 0 Å². The van der Waals surface area contributed by atoms with Crippen molar-refractivity contribution in [3.63, 3.8) is 0 Å². The number of carbonyl (C=O) groups is 6. The van der Waals surface area contributed by atoms with Crippen LogP contribution < -0.4 is 38.9 Å². The van der Waals surface area contributed by atoms with Crippen LogP contribution in [-0.2, 0) is 30.4 Å². The molecule has 4 aromatic rings. The Kier molecular flexibility index (Phi) is 15.8. The van der Waals surface area contributed by atoms with E-state index in [2.05, 4.69) is 25.9 Å². The first-order chi connectivity index (χ1) is 26.8. The molecule has 15 heteroatoms. The van der Waals surface area contributed by atoms with Crippen LogP contribution in [0.15, 0.2) is 83.9 Å². The molecule has 0 saturated heterocycles. The molecule has 296 valence electrons. The van der Waals surface area contributed by atoms with Crippen molar-refractivity contribution in [1.82, 2.24) is 20.9 Å². The molecule has 0 spiro atoms. The molecular formula is C41H51N9O6. The lowest BCUT2D eigenvalue weighted by Gasteiger charge is -2.25. The second-order valence-electron chi connectivity index (χ2n) is 13.8. The number of benzene rings is 3. The van der Waals surface area contributed by atoms with Gasteiger partial charge in [0.15, 0.2) is 11.7 Å². The number of guanidine groups is 1. The van der Waals surface area contributed by atoms with Crippen LogP contribution in [0.25, 0.3) is 21.7 Å². The van der Waals surface area contributed by atoms with Gasteiger partial charge in [-0.1, -0.05) is 86.5 Å². The highest BCUT2D eigenvalue weighted by molar-refractivity contribution is 5.99. The van der Waals surface area contributed by atoms with Gasteiger partial charge in [-0.2, -0.15) is 0 Å². The van der Waals surface area contributed by atoms with Crippen LogP contribution in [0.5, 0.6) is 0 Å². The number of nitrogens with one attached hydrogen (secondary N) is 3. The Hall–Kier alpha value is -6.38. The number of fused-ring (bicyclic) bond motifs is 2. The number of Topliss-reactive ketones (excluding diaryl/α,β-unsaturated/α-hetero) is 1. The maximum Gasteiger partial charge on any atom is 0.270 e. The largest absolute Gasteiger partial charge is 0.370 e. The van der Waals surface area contributed by atoms with Gasteiger partial charge in [-0.05, 0) is 60.6 Å². The van der Waals surface area contributed by atoms with Crippen molar-refractivity contribution in [2.45, 2.75) is 82.8 Å². The Morgan fingerprint density at radius 1 is 0.696 bits per heavy atom. The molecule has 5 amide bonds. The highest BCUT2D eigenvalue weighted by atomic mass is 16.2. The summed E-state index contributed by atoms with van der Waals surface area (Å²) in [5.41, 5.74) is 23.3. The van der Waals surface area contributed by atoms with E-state index in [1.807, 2.05) is 67.6 Å². The van der Waals surface area contributed by atoms with Gasteiger partial charge >= 0.3 is 0 Å². The van der Waals surface area contributed by atoms with Crippen LogP contribution in [0.4, 0.5) is 0 Å². The van der Waals surface area contributed by atoms with Crippen LogP contribution in [0.1, 0.15) is 74.3 Å². The number of rotatable bonds is 22. The molecule has 0 aliphatic rings. The van der Waals surface area contributed by atoms with E-state index in [9.17, 15) is 28.8 Å². The first-order valence-electron chi connectivity index (χ1n) is 18.7. The topological polar surface area (TPSA) is 268 Å². The molecule has 1 unspecified atom stereocenters. The number of amides is 5. The number of primary amides is 2. The van der Waals surface area contributed by atoms with E-state index in [0.29, 0.717) is 24.8 Å². The van der Waals surface area contributed by atoms with Crippen molar-refractivity contribution in [1.29, 1.82) is 0 Å². The second kappa shape index (κ2) is 20.9. The van der Waals surface area contributed by atoms with Gasteiger partial charge in [0.25, 0.3) is 5.91 Å². The van der Waals surface area contributed by atoms with E-state index in [-0.39, 0.29) is 56.1 Å². The SMILES string of the molecule is CCCC[C@H](NC(=O)c1ccc2ccccc2n1)C(=O)CC(Cc1ccc2ccccc2c1)C(=O)N[C@@H](CCC(N)=O)C(=O)N[C@@H](CCCN=C(N)N)C(N)=O. The summed E-state index contributed by atoms with van der Waals surface area (Å²) in [4.78, 5) is 87.8. The third-order valence-corrected chi connectivity index (χ3v) is 9.40. The number of nitrogens with zero attached hydrogens (tertiary/aromatic N) is 2. The predicted molar refractivity (Wildman–Crippen MR) is 215 cm³/mol. The molecule has 1 heterocycles. The summed E-state index contributed by atoms with van der Waals surface area (Å²) >= 11 is 0. The molecule has 11 N–H and O–H groups in total. The number of carbonyl (C=O) groups excluding carboxylic acids is 6. The minimum absolute atomic E-state index is 0.104. The number of unbranched alkanes of at least 4 members (excludes halogenated alkanes) is 1. The molecule has 0 aliphatic heterocycles. The number of pyridine rings is 1. The minimum atomic E-state index is -1.31. The number of aromatic nitrogens is 1. The summed E-state index contributed by atoms with van der Waals surface area (Å²) in [6, 6.07) is 20.8. The number of para-hydroxylation sites is 1.